The van der Waals surface area contributed by atoms with Gasteiger partial charge in [0.05, 0.1) is 15.6 Å². The Morgan fingerprint density at radius 2 is 1.82 bits per heavy atom. The molecule has 0 radical (unpaired) electrons. The molecule has 4 N–H and O–H groups in total. The number of amides is 4. The highest BCUT2D eigenvalue weighted by atomic mass is 35.5. The lowest BCUT2D eigenvalue weighted by Gasteiger charge is -2.35. The Kier molecular flexibility index (Phi) is 9.32. The van der Waals surface area contributed by atoms with Gasteiger partial charge in [0.1, 0.15) is 12.6 Å². The maximum Gasteiger partial charge on any atom is 0.319 e. The number of rotatable bonds is 8. The summed E-state index contributed by atoms with van der Waals surface area (Å²) in [6, 6.07) is 2.21. The Morgan fingerprint density at radius 3 is 2.32 bits per heavy atom. The molecule has 0 spiro atoms. The predicted octanol–water partition coefficient (Wildman–Crippen LogP) is 2.80. The molecule has 1 aliphatic rings. The highest BCUT2D eigenvalue weighted by Crippen LogP contribution is 2.28. The third kappa shape index (κ3) is 7.85. The minimum Gasteiger partial charge on any atom is -0.331 e. The van der Waals surface area contributed by atoms with E-state index in [1.165, 1.54) is 23.1 Å². The van der Waals surface area contributed by atoms with E-state index in [1.807, 2.05) is 0 Å². The largest absolute Gasteiger partial charge is 0.331 e. The van der Waals surface area contributed by atoms with E-state index < -0.39 is 39.1 Å². The highest BCUT2D eigenvalue weighted by molar-refractivity contribution is 7.90. The molecule has 4 amide bonds. The van der Waals surface area contributed by atoms with Gasteiger partial charge >= 0.3 is 6.03 Å². The number of nitrogens with one attached hydrogen (secondary N) is 3. The van der Waals surface area contributed by atoms with Gasteiger partial charge in [-0.05, 0) is 42.4 Å². The second-order valence-electron chi connectivity index (χ2n) is 9.72. The van der Waals surface area contributed by atoms with E-state index in [0.717, 1.165) is 31.9 Å². The summed E-state index contributed by atoms with van der Waals surface area (Å²) in [6.45, 7) is 5.36. The molecule has 1 unspecified atom stereocenters. The zero-order chi connectivity index (χ0) is 25.7. The topological polar surface area (TPSA) is 145 Å². The third-order valence-corrected chi connectivity index (χ3v) is 7.15. The second kappa shape index (κ2) is 11.4. The van der Waals surface area contributed by atoms with Crippen molar-refractivity contribution < 1.29 is 28.0 Å². The normalized spacial score (nSPS) is 15.5. The van der Waals surface area contributed by atoms with Crippen LogP contribution in [0.25, 0.3) is 0 Å². The first kappa shape index (κ1) is 27.9. The van der Waals surface area contributed by atoms with Crippen LogP contribution in [0.4, 0.5) is 10.5 Å². The van der Waals surface area contributed by atoms with Crippen LogP contribution in [0.2, 0.25) is 5.02 Å². The molecule has 0 heterocycles. The molecule has 1 atom stereocenters. The number of hydroxylamine groups is 1. The zero-order valence-corrected chi connectivity index (χ0v) is 21.4. The minimum absolute atomic E-state index is 0.0101. The van der Waals surface area contributed by atoms with Crippen LogP contribution in [-0.4, -0.2) is 61.8 Å². The summed E-state index contributed by atoms with van der Waals surface area (Å²) in [5, 5.41) is 14.2. The number of hydrogen-bond acceptors (Lipinski definition) is 6. The van der Waals surface area contributed by atoms with Crippen LogP contribution in [-0.2, 0) is 19.4 Å². The summed E-state index contributed by atoms with van der Waals surface area (Å²) >= 11 is 6.14. The van der Waals surface area contributed by atoms with Crippen LogP contribution in [0.15, 0.2) is 23.1 Å². The summed E-state index contributed by atoms with van der Waals surface area (Å²) < 4.78 is 23.4. The van der Waals surface area contributed by atoms with Crippen LogP contribution < -0.4 is 16.1 Å². The Labute approximate surface area is 205 Å². The predicted molar refractivity (Wildman–Crippen MR) is 128 cm³/mol. The molecule has 0 bridgehead atoms. The van der Waals surface area contributed by atoms with E-state index in [0.29, 0.717) is 6.54 Å². The van der Waals surface area contributed by atoms with Gasteiger partial charge in [-0.1, -0.05) is 45.2 Å². The standard InChI is InChI=1S/C22H33ClN4O6S/c1-22(2,3)19(20(29)27(13-18(28)26-31)12-14-7-5-6-8-14)25-21(30)24-17-10-9-15(11-16(17)23)34(4,32)33/h9-11,14,19,31H,5-8,12-13H2,1-4H3,(H,26,28)(H2,24,25,30). The Bertz CT molecular complexity index is 1020. The van der Waals surface area contributed by atoms with E-state index >= 15 is 0 Å². The molecule has 1 aliphatic carbocycles. The molecule has 34 heavy (non-hydrogen) atoms. The molecular formula is C22H33ClN4O6S. The van der Waals surface area contributed by atoms with Crippen LogP contribution in [0.3, 0.4) is 0 Å². The summed E-state index contributed by atoms with van der Waals surface area (Å²) in [5.41, 5.74) is 1.03. The van der Waals surface area contributed by atoms with Gasteiger partial charge in [-0.2, -0.15) is 0 Å². The molecule has 190 valence electrons. The second-order valence-corrected chi connectivity index (χ2v) is 12.1. The van der Waals surface area contributed by atoms with Crippen molar-refractivity contribution in [1.29, 1.82) is 0 Å². The maximum absolute atomic E-state index is 13.5. The van der Waals surface area contributed by atoms with Crippen LogP contribution in [0.1, 0.15) is 46.5 Å². The SMILES string of the molecule is CC(C)(C)C(NC(=O)Nc1ccc(S(C)(=O)=O)cc1Cl)C(=O)N(CC(=O)NO)CC1CCCC1. The van der Waals surface area contributed by atoms with Gasteiger partial charge in [0.25, 0.3) is 5.91 Å². The van der Waals surface area contributed by atoms with Gasteiger partial charge in [-0.25, -0.2) is 18.7 Å². The van der Waals surface area contributed by atoms with Gasteiger partial charge < -0.3 is 15.5 Å². The van der Waals surface area contributed by atoms with Gasteiger partial charge in [0.2, 0.25) is 5.91 Å². The lowest BCUT2D eigenvalue weighted by atomic mass is 9.85. The fourth-order valence-electron chi connectivity index (χ4n) is 3.89. The zero-order valence-electron chi connectivity index (χ0n) is 19.9. The summed E-state index contributed by atoms with van der Waals surface area (Å²) in [5.74, 6) is -0.921. The Balaban J connectivity index is 2.20. The molecule has 0 saturated heterocycles. The molecule has 1 aromatic rings. The number of carbonyl (C=O) groups excluding carboxylic acids is 3. The number of anilines is 1. The Morgan fingerprint density at radius 1 is 1.21 bits per heavy atom. The molecule has 1 fully saturated rings. The van der Waals surface area contributed by atoms with Crippen LogP contribution in [0, 0.1) is 11.3 Å². The smallest absolute Gasteiger partial charge is 0.319 e. The molecular weight excluding hydrogens is 484 g/mol. The Hall–Kier alpha value is -2.37. The average Bonchev–Trinajstić information content (AvgIpc) is 3.24. The monoisotopic (exact) mass is 516 g/mol. The average molecular weight is 517 g/mol. The highest BCUT2D eigenvalue weighted by Gasteiger charge is 2.37. The maximum atomic E-state index is 13.5. The van der Waals surface area contributed by atoms with Crippen molar-refractivity contribution in [2.75, 3.05) is 24.7 Å². The lowest BCUT2D eigenvalue weighted by molar-refractivity contribution is -0.142. The third-order valence-electron chi connectivity index (χ3n) is 5.73. The molecule has 2 rings (SSSR count). The fourth-order valence-corrected chi connectivity index (χ4v) is 4.83. The number of carbonyl (C=O) groups is 3. The molecule has 12 heteroatoms. The molecule has 1 saturated carbocycles. The minimum atomic E-state index is -3.47. The van der Waals surface area contributed by atoms with Gasteiger partial charge in [-0.3, -0.25) is 14.8 Å². The number of urea groups is 1. The van der Waals surface area contributed by atoms with E-state index in [2.05, 4.69) is 10.6 Å². The van der Waals surface area contributed by atoms with Crippen molar-refractivity contribution in [3.63, 3.8) is 0 Å². The number of halogens is 1. The van der Waals surface area contributed by atoms with E-state index in [-0.39, 0.29) is 28.1 Å². The van der Waals surface area contributed by atoms with Crippen molar-refractivity contribution >= 4 is 45.0 Å². The van der Waals surface area contributed by atoms with E-state index in [4.69, 9.17) is 16.8 Å². The number of sulfone groups is 1. The van der Waals surface area contributed by atoms with Gasteiger partial charge in [0.15, 0.2) is 9.84 Å². The van der Waals surface area contributed by atoms with Crippen LogP contribution in [0.5, 0.6) is 0 Å². The quantitative estimate of drug-likeness (QED) is 0.309. The lowest BCUT2D eigenvalue weighted by Crippen LogP contribution is -2.57. The summed E-state index contributed by atoms with van der Waals surface area (Å²) in [4.78, 5) is 39.5. The van der Waals surface area contributed by atoms with E-state index in [9.17, 15) is 22.8 Å². The molecule has 0 aliphatic heterocycles. The number of benzene rings is 1. The van der Waals surface area contributed by atoms with Gasteiger partial charge in [0, 0.05) is 12.8 Å². The fraction of sp³-hybridized carbons (Fsp3) is 0.591. The van der Waals surface area contributed by atoms with Crippen molar-refractivity contribution in [3.05, 3.63) is 23.2 Å². The van der Waals surface area contributed by atoms with Crippen molar-refractivity contribution in [1.82, 2.24) is 15.7 Å². The van der Waals surface area contributed by atoms with Crippen molar-refractivity contribution in [2.45, 2.75) is 57.4 Å². The van der Waals surface area contributed by atoms with Crippen LogP contribution >= 0.6 is 11.6 Å². The number of nitrogens with zero attached hydrogens (tertiary/aromatic N) is 1. The first-order valence-electron chi connectivity index (χ1n) is 11.0. The first-order valence-corrected chi connectivity index (χ1v) is 13.3. The van der Waals surface area contributed by atoms with E-state index in [1.54, 1.807) is 26.3 Å². The van der Waals surface area contributed by atoms with Crippen molar-refractivity contribution in [3.8, 4) is 0 Å². The molecule has 10 nitrogen and oxygen atoms in total. The van der Waals surface area contributed by atoms with Crippen molar-refractivity contribution in [2.24, 2.45) is 11.3 Å². The molecule has 1 aromatic carbocycles. The number of hydrogen-bond donors (Lipinski definition) is 4. The molecule has 0 aromatic heterocycles. The summed E-state index contributed by atoms with van der Waals surface area (Å²) in [6.07, 6.45) is 5.05. The first-order chi connectivity index (χ1) is 15.7. The summed E-state index contributed by atoms with van der Waals surface area (Å²) in [7, 11) is -3.47. The van der Waals surface area contributed by atoms with Gasteiger partial charge in [-0.15, -0.1) is 0 Å².